The highest BCUT2D eigenvalue weighted by molar-refractivity contribution is 5.92. The number of carbonyl (C=O) groups is 2. The van der Waals surface area contributed by atoms with Crippen LogP contribution in [0.25, 0.3) is 6.08 Å². The number of rotatable bonds is 12. The molecule has 26 heavy (non-hydrogen) atoms. The number of amides is 1. The SMILES string of the molecule is CCN(CC)CCCCN(CCC(=O)OC)C(=O)/C=C/c1ccccc1. The van der Waals surface area contributed by atoms with E-state index in [1.54, 1.807) is 11.0 Å². The first-order valence-electron chi connectivity index (χ1n) is 9.41. The summed E-state index contributed by atoms with van der Waals surface area (Å²) >= 11 is 0. The molecule has 0 fully saturated rings. The molecule has 5 nitrogen and oxygen atoms in total. The smallest absolute Gasteiger partial charge is 0.307 e. The first-order chi connectivity index (χ1) is 12.6. The van der Waals surface area contributed by atoms with Crippen LogP contribution in [-0.2, 0) is 14.3 Å². The Morgan fingerprint density at radius 1 is 1.00 bits per heavy atom. The summed E-state index contributed by atoms with van der Waals surface area (Å²) in [6.45, 7) is 8.47. The molecule has 5 heteroatoms. The van der Waals surface area contributed by atoms with Gasteiger partial charge in [-0.2, -0.15) is 0 Å². The van der Waals surface area contributed by atoms with Crippen LogP contribution < -0.4 is 0 Å². The molecule has 144 valence electrons. The lowest BCUT2D eigenvalue weighted by atomic mass is 10.2. The van der Waals surface area contributed by atoms with Crippen molar-refractivity contribution < 1.29 is 14.3 Å². The monoisotopic (exact) mass is 360 g/mol. The standard InChI is InChI=1S/C21H32N2O3/c1-4-22(5-2)16-9-10-17-23(18-15-21(25)26-3)20(24)14-13-19-11-7-6-8-12-19/h6-8,11-14H,4-5,9-10,15-18H2,1-3H3/b14-13+. The minimum absolute atomic E-state index is 0.0689. The van der Waals surface area contributed by atoms with Crippen LogP contribution in [0.2, 0.25) is 0 Å². The van der Waals surface area contributed by atoms with Gasteiger partial charge in [0.15, 0.2) is 0 Å². The zero-order valence-corrected chi connectivity index (χ0v) is 16.3. The zero-order chi connectivity index (χ0) is 19.2. The number of methoxy groups -OCH3 is 1. The van der Waals surface area contributed by atoms with Crippen molar-refractivity contribution in [2.45, 2.75) is 33.1 Å². The number of unbranched alkanes of at least 4 members (excludes halogenated alkanes) is 1. The molecular weight excluding hydrogens is 328 g/mol. The third-order valence-corrected chi connectivity index (χ3v) is 4.39. The molecule has 0 saturated carbocycles. The fourth-order valence-corrected chi connectivity index (χ4v) is 2.68. The summed E-state index contributed by atoms with van der Waals surface area (Å²) in [5, 5.41) is 0. The van der Waals surface area contributed by atoms with Gasteiger partial charge in [0.2, 0.25) is 5.91 Å². The largest absolute Gasteiger partial charge is 0.469 e. The second kappa shape index (κ2) is 13.1. The van der Waals surface area contributed by atoms with E-state index in [0.29, 0.717) is 13.1 Å². The maximum Gasteiger partial charge on any atom is 0.307 e. The molecule has 1 aromatic rings. The van der Waals surface area contributed by atoms with E-state index in [2.05, 4.69) is 18.7 Å². The van der Waals surface area contributed by atoms with Gasteiger partial charge in [-0.25, -0.2) is 0 Å². The number of hydrogen-bond acceptors (Lipinski definition) is 4. The average molecular weight is 360 g/mol. The molecule has 0 saturated heterocycles. The molecule has 0 aromatic heterocycles. The maximum absolute atomic E-state index is 12.5. The summed E-state index contributed by atoms with van der Waals surface area (Å²) in [5.74, 6) is -0.362. The van der Waals surface area contributed by atoms with Crippen LogP contribution in [0.1, 0.15) is 38.7 Å². The highest BCUT2D eigenvalue weighted by Crippen LogP contribution is 2.05. The highest BCUT2D eigenvalue weighted by Gasteiger charge is 2.13. The molecule has 0 aliphatic carbocycles. The quantitative estimate of drug-likeness (QED) is 0.326. The van der Waals surface area contributed by atoms with Gasteiger partial charge in [0.05, 0.1) is 13.5 Å². The van der Waals surface area contributed by atoms with Crippen molar-refractivity contribution in [3.8, 4) is 0 Å². The predicted octanol–water partition coefficient (Wildman–Crippen LogP) is 3.21. The predicted molar refractivity (Wildman–Crippen MR) is 106 cm³/mol. The normalized spacial score (nSPS) is 11.1. The van der Waals surface area contributed by atoms with E-state index < -0.39 is 0 Å². The number of carbonyl (C=O) groups excluding carboxylic acids is 2. The average Bonchev–Trinajstić information content (AvgIpc) is 2.68. The molecule has 1 rings (SSSR count). The van der Waals surface area contributed by atoms with Crippen molar-refractivity contribution in [3.63, 3.8) is 0 Å². The molecular formula is C21H32N2O3. The molecule has 0 aliphatic heterocycles. The molecule has 0 radical (unpaired) electrons. The van der Waals surface area contributed by atoms with E-state index in [1.807, 2.05) is 36.4 Å². The minimum atomic E-state index is -0.294. The third kappa shape index (κ3) is 8.81. The number of ether oxygens (including phenoxy) is 1. The van der Waals surface area contributed by atoms with Gasteiger partial charge in [0, 0.05) is 19.2 Å². The Balaban J connectivity index is 2.57. The Morgan fingerprint density at radius 2 is 1.65 bits per heavy atom. The molecule has 0 N–H and O–H groups in total. The van der Waals surface area contributed by atoms with Crippen molar-refractivity contribution in [3.05, 3.63) is 42.0 Å². The Bertz CT molecular complexity index is 554. The second-order valence-electron chi connectivity index (χ2n) is 6.13. The van der Waals surface area contributed by atoms with Gasteiger partial charge in [0.25, 0.3) is 0 Å². The summed E-state index contributed by atoms with van der Waals surface area (Å²) < 4.78 is 4.69. The molecule has 0 spiro atoms. The topological polar surface area (TPSA) is 49.9 Å². The third-order valence-electron chi connectivity index (χ3n) is 4.39. The highest BCUT2D eigenvalue weighted by atomic mass is 16.5. The van der Waals surface area contributed by atoms with Crippen LogP contribution in [0.3, 0.4) is 0 Å². The van der Waals surface area contributed by atoms with Gasteiger partial charge in [-0.1, -0.05) is 44.2 Å². The van der Waals surface area contributed by atoms with Gasteiger partial charge in [0.1, 0.15) is 0 Å². The number of esters is 1. The van der Waals surface area contributed by atoms with Crippen LogP contribution in [-0.4, -0.2) is 61.5 Å². The van der Waals surface area contributed by atoms with Crippen LogP contribution in [0, 0.1) is 0 Å². The Kier molecular flexibility index (Phi) is 11.0. The number of benzene rings is 1. The van der Waals surface area contributed by atoms with Gasteiger partial charge in [-0.05, 0) is 44.1 Å². The second-order valence-corrected chi connectivity index (χ2v) is 6.13. The first-order valence-corrected chi connectivity index (χ1v) is 9.41. The maximum atomic E-state index is 12.5. The summed E-state index contributed by atoms with van der Waals surface area (Å²) in [7, 11) is 1.37. The molecule has 0 bridgehead atoms. The van der Waals surface area contributed by atoms with Crippen molar-refractivity contribution >= 4 is 18.0 Å². The lowest BCUT2D eigenvalue weighted by Gasteiger charge is -2.22. The van der Waals surface area contributed by atoms with E-state index in [-0.39, 0.29) is 18.3 Å². The fourth-order valence-electron chi connectivity index (χ4n) is 2.68. The lowest BCUT2D eigenvalue weighted by molar-refractivity contribution is -0.141. The van der Waals surface area contributed by atoms with Crippen molar-refractivity contribution in [2.24, 2.45) is 0 Å². The molecule has 1 aromatic carbocycles. The van der Waals surface area contributed by atoms with Crippen molar-refractivity contribution in [1.82, 2.24) is 9.80 Å². The molecule has 0 heterocycles. The van der Waals surface area contributed by atoms with Gasteiger partial charge < -0.3 is 14.5 Å². The van der Waals surface area contributed by atoms with E-state index >= 15 is 0 Å². The van der Waals surface area contributed by atoms with Gasteiger partial charge in [-0.15, -0.1) is 0 Å². The molecule has 0 aliphatic rings. The van der Waals surface area contributed by atoms with Gasteiger partial charge >= 0.3 is 5.97 Å². The number of hydrogen-bond donors (Lipinski definition) is 0. The Labute approximate surface area is 157 Å². The summed E-state index contributed by atoms with van der Waals surface area (Å²) in [6, 6.07) is 9.72. The van der Waals surface area contributed by atoms with Crippen molar-refractivity contribution in [1.29, 1.82) is 0 Å². The van der Waals surface area contributed by atoms with E-state index in [4.69, 9.17) is 4.74 Å². The Morgan fingerprint density at radius 3 is 2.27 bits per heavy atom. The fraction of sp³-hybridized carbons (Fsp3) is 0.524. The zero-order valence-electron chi connectivity index (χ0n) is 16.3. The molecule has 0 unspecified atom stereocenters. The van der Waals surface area contributed by atoms with Crippen LogP contribution in [0.15, 0.2) is 36.4 Å². The first kappa shape index (κ1) is 21.9. The van der Waals surface area contributed by atoms with E-state index in [0.717, 1.165) is 38.0 Å². The number of nitrogens with zero attached hydrogens (tertiary/aromatic N) is 2. The summed E-state index contributed by atoms with van der Waals surface area (Å²) in [6.07, 6.45) is 5.56. The summed E-state index contributed by atoms with van der Waals surface area (Å²) in [4.78, 5) is 28.1. The van der Waals surface area contributed by atoms with E-state index in [1.165, 1.54) is 7.11 Å². The molecule has 1 amide bonds. The minimum Gasteiger partial charge on any atom is -0.469 e. The van der Waals surface area contributed by atoms with Crippen molar-refractivity contribution in [2.75, 3.05) is 39.8 Å². The Hall–Kier alpha value is -2.14. The summed E-state index contributed by atoms with van der Waals surface area (Å²) in [5.41, 5.74) is 0.982. The van der Waals surface area contributed by atoms with Crippen LogP contribution in [0.5, 0.6) is 0 Å². The van der Waals surface area contributed by atoms with E-state index in [9.17, 15) is 9.59 Å². The van der Waals surface area contributed by atoms with Crippen LogP contribution in [0.4, 0.5) is 0 Å². The van der Waals surface area contributed by atoms with Gasteiger partial charge in [-0.3, -0.25) is 9.59 Å². The molecule has 0 atom stereocenters. The van der Waals surface area contributed by atoms with Crippen LogP contribution >= 0.6 is 0 Å². The lowest BCUT2D eigenvalue weighted by Crippen LogP contribution is -2.33.